The number of carbonyl (C=O) groups is 1. The Hall–Kier alpha value is -1.39. The van der Waals surface area contributed by atoms with Crippen molar-refractivity contribution >= 4 is 5.91 Å². The fraction of sp³-hybridized carbons (Fsp3) is 0.632. The second-order valence-electron chi connectivity index (χ2n) is 6.63. The van der Waals surface area contributed by atoms with E-state index in [1.807, 2.05) is 6.07 Å². The molecule has 1 amide bonds. The van der Waals surface area contributed by atoms with Crippen LogP contribution in [-0.2, 0) is 17.9 Å². The lowest BCUT2D eigenvalue weighted by Gasteiger charge is -2.32. The zero-order valence-electron chi connectivity index (χ0n) is 14.6. The van der Waals surface area contributed by atoms with Gasteiger partial charge in [0.1, 0.15) is 0 Å². The Morgan fingerprint density at radius 3 is 2.35 bits per heavy atom. The van der Waals surface area contributed by atoms with Gasteiger partial charge in [-0.25, -0.2) is 0 Å². The fourth-order valence-corrected chi connectivity index (χ4v) is 3.33. The molecule has 1 saturated carbocycles. The fourth-order valence-electron chi connectivity index (χ4n) is 3.33. The van der Waals surface area contributed by atoms with Crippen LogP contribution in [0.4, 0.5) is 0 Å². The van der Waals surface area contributed by atoms with Crippen LogP contribution in [0.15, 0.2) is 24.3 Å². The van der Waals surface area contributed by atoms with Crippen molar-refractivity contribution in [3.63, 3.8) is 0 Å². The first kappa shape index (κ1) is 18.0. The molecule has 1 aliphatic rings. The lowest BCUT2D eigenvalue weighted by Crippen LogP contribution is -2.54. The molecule has 1 aromatic rings. The van der Waals surface area contributed by atoms with Gasteiger partial charge in [0.25, 0.3) is 0 Å². The topological polar surface area (TPSA) is 58.4 Å². The summed E-state index contributed by atoms with van der Waals surface area (Å²) in [5.74, 6) is 0.00911. The molecular formula is C19H31N3O. The highest BCUT2D eigenvalue weighted by Gasteiger charge is 2.34. The second-order valence-corrected chi connectivity index (χ2v) is 6.63. The molecule has 3 N–H and O–H groups in total. The van der Waals surface area contributed by atoms with E-state index in [2.05, 4.69) is 42.3 Å². The Balaban J connectivity index is 1.98. The molecule has 0 bridgehead atoms. The van der Waals surface area contributed by atoms with Crippen molar-refractivity contribution in [1.82, 2.24) is 10.2 Å². The summed E-state index contributed by atoms with van der Waals surface area (Å²) in [5.41, 5.74) is 8.12. The van der Waals surface area contributed by atoms with E-state index in [0.717, 1.165) is 45.3 Å². The van der Waals surface area contributed by atoms with Gasteiger partial charge in [-0.05, 0) is 37.1 Å². The molecule has 0 aliphatic heterocycles. The predicted octanol–water partition coefficient (Wildman–Crippen LogP) is 2.81. The third-order valence-corrected chi connectivity index (χ3v) is 5.04. The highest BCUT2D eigenvalue weighted by Crippen LogP contribution is 2.26. The Morgan fingerprint density at radius 1 is 1.13 bits per heavy atom. The van der Waals surface area contributed by atoms with E-state index < -0.39 is 5.54 Å². The molecule has 1 fully saturated rings. The van der Waals surface area contributed by atoms with E-state index in [1.165, 1.54) is 17.5 Å². The van der Waals surface area contributed by atoms with Crippen LogP contribution in [0.25, 0.3) is 0 Å². The van der Waals surface area contributed by atoms with E-state index in [1.54, 1.807) is 0 Å². The van der Waals surface area contributed by atoms with Crippen molar-refractivity contribution in [1.29, 1.82) is 0 Å². The summed E-state index contributed by atoms with van der Waals surface area (Å²) >= 11 is 0. The van der Waals surface area contributed by atoms with Crippen LogP contribution in [0.3, 0.4) is 0 Å². The van der Waals surface area contributed by atoms with Gasteiger partial charge in [-0.2, -0.15) is 0 Å². The summed E-state index contributed by atoms with van der Waals surface area (Å²) in [7, 11) is 0. The lowest BCUT2D eigenvalue weighted by atomic mass is 9.82. The van der Waals surface area contributed by atoms with Gasteiger partial charge in [0.05, 0.1) is 5.54 Å². The molecule has 0 radical (unpaired) electrons. The van der Waals surface area contributed by atoms with E-state index >= 15 is 0 Å². The molecule has 4 nitrogen and oxygen atoms in total. The summed E-state index contributed by atoms with van der Waals surface area (Å²) in [5, 5.41) is 3.08. The number of benzene rings is 1. The van der Waals surface area contributed by atoms with Crippen LogP contribution in [0.2, 0.25) is 0 Å². The van der Waals surface area contributed by atoms with Crippen LogP contribution in [-0.4, -0.2) is 29.4 Å². The highest BCUT2D eigenvalue weighted by molar-refractivity contribution is 5.86. The summed E-state index contributed by atoms with van der Waals surface area (Å²) < 4.78 is 0. The van der Waals surface area contributed by atoms with Gasteiger partial charge < -0.3 is 11.1 Å². The van der Waals surface area contributed by atoms with Gasteiger partial charge in [0, 0.05) is 13.1 Å². The number of hydrogen-bond acceptors (Lipinski definition) is 3. The average molecular weight is 317 g/mol. The molecule has 128 valence electrons. The van der Waals surface area contributed by atoms with E-state index in [0.29, 0.717) is 6.54 Å². The SMILES string of the molecule is CCN(CC)Cc1ccccc1CNC(=O)C1(N)CCCCC1. The Kier molecular flexibility index (Phi) is 6.60. The Morgan fingerprint density at radius 2 is 1.74 bits per heavy atom. The average Bonchev–Trinajstić information content (AvgIpc) is 2.59. The summed E-state index contributed by atoms with van der Waals surface area (Å²) in [4.78, 5) is 14.9. The summed E-state index contributed by atoms with van der Waals surface area (Å²) in [6.45, 7) is 7.90. The van der Waals surface area contributed by atoms with Crippen molar-refractivity contribution in [2.45, 2.75) is 64.6 Å². The first-order valence-electron chi connectivity index (χ1n) is 8.95. The van der Waals surface area contributed by atoms with E-state index in [9.17, 15) is 4.79 Å². The maximum absolute atomic E-state index is 12.5. The van der Waals surface area contributed by atoms with Crippen molar-refractivity contribution in [2.24, 2.45) is 5.73 Å². The second kappa shape index (κ2) is 8.46. The zero-order chi connectivity index (χ0) is 16.7. The molecule has 23 heavy (non-hydrogen) atoms. The van der Waals surface area contributed by atoms with Crippen LogP contribution in [0.5, 0.6) is 0 Å². The molecule has 2 rings (SSSR count). The predicted molar refractivity (Wildman–Crippen MR) is 94.9 cm³/mol. The molecule has 4 heteroatoms. The van der Waals surface area contributed by atoms with Crippen molar-refractivity contribution in [3.8, 4) is 0 Å². The monoisotopic (exact) mass is 317 g/mol. The minimum atomic E-state index is -0.661. The van der Waals surface area contributed by atoms with Crippen LogP contribution in [0, 0.1) is 0 Å². The lowest BCUT2D eigenvalue weighted by molar-refractivity contribution is -0.127. The van der Waals surface area contributed by atoms with Crippen molar-refractivity contribution in [2.75, 3.05) is 13.1 Å². The minimum Gasteiger partial charge on any atom is -0.350 e. The number of amides is 1. The number of nitrogens with zero attached hydrogens (tertiary/aromatic N) is 1. The third-order valence-electron chi connectivity index (χ3n) is 5.04. The highest BCUT2D eigenvalue weighted by atomic mass is 16.2. The number of nitrogens with two attached hydrogens (primary N) is 1. The molecule has 0 atom stereocenters. The molecule has 1 aromatic carbocycles. The Bertz CT molecular complexity index is 505. The number of rotatable bonds is 7. The molecule has 0 unspecified atom stereocenters. The van der Waals surface area contributed by atoms with Crippen LogP contribution in [0.1, 0.15) is 57.1 Å². The van der Waals surface area contributed by atoms with Crippen LogP contribution >= 0.6 is 0 Å². The smallest absolute Gasteiger partial charge is 0.240 e. The van der Waals surface area contributed by atoms with Gasteiger partial charge >= 0.3 is 0 Å². The molecule has 0 spiro atoms. The molecule has 0 heterocycles. The van der Waals surface area contributed by atoms with Gasteiger partial charge in [-0.15, -0.1) is 0 Å². The quantitative estimate of drug-likeness (QED) is 0.813. The van der Waals surface area contributed by atoms with Crippen LogP contribution < -0.4 is 11.1 Å². The largest absolute Gasteiger partial charge is 0.350 e. The molecule has 0 saturated heterocycles. The Labute approximate surface area is 140 Å². The minimum absolute atomic E-state index is 0.00911. The first-order valence-corrected chi connectivity index (χ1v) is 8.95. The standard InChI is InChI=1S/C19H31N3O/c1-3-22(4-2)15-17-11-7-6-10-16(17)14-21-18(23)19(20)12-8-5-9-13-19/h6-7,10-11H,3-5,8-9,12-15,20H2,1-2H3,(H,21,23). The number of hydrogen-bond donors (Lipinski definition) is 2. The van der Waals surface area contributed by atoms with Gasteiger partial charge in [0.15, 0.2) is 0 Å². The van der Waals surface area contributed by atoms with Gasteiger partial charge in [-0.1, -0.05) is 57.4 Å². The first-order chi connectivity index (χ1) is 11.1. The number of carbonyl (C=O) groups excluding carboxylic acids is 1. The summed E-state index contributed by atoms with van der Waals surface area (Å²) in [6.07, 6.45) is 4.92. The molecular weight excluding hydrogens is 286 g/mol. The molecule has 0 aromatic heterocycles. The molecule has 1 aliphatic carbocycles. The van der Waals surface area contributed by atoms with Gasteiger partial charge in [0.2, 0.25) is 5.91 Å². The van der Waals surface area contributed by atoms with Crippen molar-refractivity contribution in [3.05, 3.63) is 35.4 Å². The summed E-state index contributed by atoms with van der Waals surface area (Å²) in [6, 6.07) is 8.35. The van der Waals surface area contributed by atoms with E-state index in [4.69, 9.17) is 5.73 Å². The van der Waals surface area contributed by atoms with E-state index in [-0.39, 0.29) is 5.91 Å². The normalized spacial score (nSPS) is 17.2. The maximum atomic E-state index is 12.5. The maximum Gasteiger partial charge on any atom is 0.240 e. The third kappa shape index (κ3) is 4.79. The van der Waals surface area contributed by atoms with Crippen molar-refractivity contribution < 1.29 is 4.79 Å². The van der Waals surface area contributed by atoms with Gasteiger partial charge in [-0.3, -0.25) is 9.69 Å². The zero-order valence-corrected chi connectivity index (χ0v) is 14.6. The number of nitrogens with one attached hydrogen (secondary N) is 1.